The maximum absolute atomic E-state index is 6.40. The lowest BCUT2D eigenvalue weighted by Crippen LogP contribution is -1.97. The number of rotatable bonds is 7. The molecule has 96 valence electrons. The van der Waals surface area contributed by atoms with Crippen molar-refractivity contribution in [3.63, 3.8) is 0 Å². The van der Waals surface area contributed by atoms with Gasteiger partial charge in [-0.25, -0.2) is 0 Å². The van der Waals surface area contributed by atoms with E-state index in [2.05, 4.69) is 6.92 Å². The third-order valence-corrected chi connectivity index (χ3v) is 3.29. The number of unbranched alkanes of at least 4 members (excludes halogenated alkanes) is 2. The molecule has 0 heterocycles. The van der Waals surface area contributed by atoms with Gasteiger partial charge in [-0.15, -0.1) is 11.6 Å². The molecule has 3 heteroatoms. The Morgan fingerprint density at radius 3 is 2.53 bits per heavy atom. The highest BCUT2D eigenvalue weighted by Gasteiger charge is 2.13. The number of hydrogen-bond acceptors (Lipinski definition) is 2. The van der Waals surface area contributed by atoms with E-state index in [4.69, 9.17) is 21.1 Å². The molecule has 0 aliphatic rings. The topological polar surface area (TPSA) is 18.5 Å². The zero-order valence-corrected chi connectivity index (χ0v) is 11.6. The fourth-order valence-electron chi connectivity index (χ4n) is 1.81. The number of halogens is 1. The number of ether oxygens (including phenoxy) is 2. The fourth-order valence-corrected chi connectivity index (χ4v) is 2.14. The van der Waals surface area contributed by atoms with Crippen molar-refractivity contribution in [3.8, 4) is 11.5 Å². The molecule has 0 saturated heterocycles. The maximum atomic E-state index is 6.40. The molecule has 0 fully saturated rings. The van der Waals surface area contributed by atoms with Crippen LogP contribution in [0.4, 0.5) is 0 Å². The summed E-state index contributed by atoms with van der Waals surface area (Å²) >= 11 is 6.40. The third-order valence-electron chi connectivity index (χ3n) is 2.84. The minimum absolute atomic E-state index is 0.0161. The Hall–Kier alpha value is -0.890. The van der Waals surface area contributed by atoms with Crippen LogP contribution in [-0.2, 0) is 0 Å². The van der Waals surface area contributed by atoms with Gasteiger partial charge in [0.2, 0.25) is 0 Å². The minimum Gasteiger partial charge on any atom is -0.497 e. The highest BCUT2D eigenvalue weighted by Crippen LogP contribution is 2.35. The van der Waals surface area contributed by atoms with Crippen molar-refractivity contribution >= 4 is 11.6 Å². The van der Waals surface area contributed by atoms with Crippen LogP contribution in [0, 0.1) is 0 Å². The van der Waals surface area contributed by atoms with Gasteiger partial charge in [0.05, 0.1) is 19.6 Å². The predicted octanol–water partition coefficient (Wildman–Crippen LogP) is 4.56. The van der Waals surface area contributed by atoms with Gasteiger partial charge < -0.3 is 9.47 Å². The molecule has 0 N–H and O–H groups in total. The Labute approximate surface area is 109 Å². The highest BCUT2D eigenvalue weighted by atomic mass is 35.5. The zero-order chi connectivity index (χ0) is 12.7. The second-order valence-electron chi connectivity index (χ2n) is 4.07. The van der Waals surface area contributed by atoms with Crippen LogP contribution in [0.25, 0.3) is 0 Å². The Bertz CT molecular complexity index is 339. The van der Waals surface area contributed by atoms with Crippen LogP contribution >= 0.6 is 11.6 Å². The molecule has 1 rings (SSSR count). The molecule has 0 aliphatic carbocycles. The van der Waals surface area contributed by atoms with Crippen molar-refractivity contribution in [1.82, 2.24) is 0 Å². The van der Waals surface area contributed by atoms with E-state index in [1.54, 1.807) is 14.2 Å². The van der Waals surface area contributed by atoms with Crippen LogP contribution in [-0.4, -0.2) is 14.2 Å². The monoisotopic (exact) mass is 256 g/mol. The summed E-state index contributed by atoms with van der Waals surface area (Å²) in [5.41, 5.74) is 1.05. The van der Waals surface area contributed by atoms with Crippen LogP contribution in [0.3, 0.4) is 0 Å². The van der Waals surface area contributed by atoms with Gasteiger partial charge in [0.15, 0.2) is 0 Å². The average molecular weight is 257 g/mol. The minimum atomic E-state index is 0.0161. The standard InChI is InChI=1S/C14H21ClO2/c1-4-5-6-7-13(15)12-9-8-11(16-2)10-14(12)17-3/h8-10,13H,4-7H2,1-3H3. The lowest BCUT2D eigenvalue weighted by Gasteiger charge is -2.14. The normalized spacial score (nSPS) is 12.2. The molecule has 1 unspecified atom stereocenters. The molecule has 1 atom stereocenters. The van der Waals surface area contributed by atoms with Crippen molar-refractivity contribution in [2.45, 2.75) is 38.0 Å². The van der Waals surface area contributed by atoms with Crippen molar-refractivity contribution in [2.24, 2.45) is 0 Å². The summed E-state index contributed by atoms with van der Waals surface area (Å²) < 4.78 is 10.5. The van der Waals surface area contributed by atoms with Gasteiger partial charge in [-0.2, -0.15) is 0 Å². The molecule has 17 heavy (non-hydrogen) atoms. The van der Waals surface area contributed by atoms with E-state index in [0.717, 1.165) is 29.9 Å². The summed E-state index contributed by atoms with van der Waals surface area (Å²) in [6.45, 7) is 2.19. The summed E-state index contributed by atoms with van der Waals surface area (Å²) in [7, 11) is 3.31. The molecular formula is C14H21ClO2. The van der Waals surface area contributed by atoms with E-state index >= 15 is 0 Å². The third kappa shape index (κ3) is 4.12. The summed E-state index contributed by atoms with van der Waals surface area (Å²) in [5.74, 6) is 1.60. The molecule has 2 nitrogen and oxygen atoms in total. The second kappa shape index (κ2) is 7.44. The first-order valence-electron chi connectivity index (χ1n) is 6.09. The molecule has 0 amide bonds. The average Bonchev–Trinajstić information content (AvgIpc) is 2.38. The number of hydrogen-bond donors (Lipinski definition) is 0. The summed E-state index contributed by atoms with van der Waals surface area (Å²) in [6.07, 6.45) is 4.57. The van der Waals surface area contributed by atoms with Crippen LogP contribution in [0.1, 0.15) is 43.5 Å². The zero-order valence-electron chi connectivity index (χ0n) is 10.8. The van der Waals surface area contributed by atoms with Crippen molar-refractivity contribution in [1.29, 1.82) is 0 Å². The van der Waals surface area contributed by atoms with E-state index in [9.17, 15) is 0 Å². The van der Waals surface area contributed by atoms with Crippen molar-refractivity contribution in [3.05, 3.63) is 23.8 Å². The largest absolute Gasteiger partial charge is 0.497 e. The van der Waals surface area contributed by atoms with Gasteiger partial charge in [-0.05, 0) is 12.5 Å². The van der Waals surface area contributed by atoms with Crippen molar-refractivity contribution < 1.29 is 9.47 Å². The van der Waals surface area contributed by atoms with E-state index in [0.29, 0.717) is 0 Å². The molecule has 1 aromatic rings. The van der Waals surface area contributed by atoms with Crippen LogP contribution in [0.5, 0.6) is 11.5 Å². The first-order chi connectivity index (χ1) is 8.22. The fraction of sp³-hybridized carbons (Fsp3) is 0.571. The summed E-state index contributed by atoms with van der Waals surface area (Å²) in [4.78, 5) is 0. The quantitative estimate of drug-likeness (QED) is 0.526. The molecule has 0 radical (unpaired) electrons. The van der Waals surface area contributed by atoms with E-state index in [1.807, 2.05) is 18.2 Å². The first kappa shape index (κ1) is 14.2. The van der Waals surface area contributed by atoms with Crippen molar-refractivity contribution in [2.75, 3.05) is 14.2 Å². The Balaban J connectivity index is 2.74. The molecule has 0 aliphatic heterocycles. The lowest BCUT2D eigenvalue weighted by atomic mass is 10.0. The summed E-state index contributed by atoms with van der Waals surface area (Å²) in [5, 5.41) is 0.0161. The number of methoxy groups -OCH3 is 2. The van der Waals surface area contributed by atoms with Crippen LogP contribution in [0.2, 0.25) is 0 Å². The SMILES string of the molecule is CCCCCC(Cl)c1ccc(OC)cc1OC. The van der Waals surface area contributed by atoms with Crippen LogP contribution < -0.4 is 9.47 Å². The van der Waals surface area contributed by atoms with Gasteiger partial charge in [0.25, 0.3) is 0 Å². The smallest absolute Gasteiger partial charge is 0.127 e. The molecular weight excluding hydrogens is 236 g/mol. The molecule has 0 aromatic heterocycles. The first-order valence-corrected chi connectivity index (χ1v) is 6.52. The van der Waals surface area contributed by atoms with E-state index in [1.165, 1.54) is 12.8 Å². The summed E-state index contributed by atoms with van der Waals surface area (Å²) in [6, 6.07) is 5.79. The van der Waals surface area contributed by atoms with Gasteiger partial charge in [0, 0.05) is 11.6 Å². The second-order valence-corrected chi connectivity index (χ2v) is 4.60. The number of alkyl halides is 1. The van der Waals surface area contributed by atoms with Gasteiger partial charge >= 0.3 is 0 Å². The highest BCUT2D eigenvalue weighted by molar-refractivity contribution is 6.21. The molecule has 1 aromatic carbocycles. The van der Waals surface area contributed by atoms with E-state index < -0.39 is 0 Å². The Morgan fingerprint density at radius 1 is 1.18 bits per heavy atom. The van der Waals surface area contributed by atoms with Crippen LogP contribution in [0.15, 0.2) is 18.2 Å². The number of benzene rings is 1. The molecule has 0 spiro atoms. The van der Waals surface area contributed by atoms with Gasteiger partial charge in [-0.1, -0.05) is 32.3 Å². The molecule has 0 bridgehead atoms. The van der Waals surface area contributed by atoms with Gasteiger partial charge in [-0.3, -0.25) is 0 Å². The Morgan fingerprint density at radius 2 is 1.94 bits per heavy atom. The maximum Gasteiger partial charge on any atom is 0.127 e. The Kier molecular flexibility index (Phi) is 6.20. The van der Waals surface area contributed by atoms with E-state index in [-0.39, 0.29) is 5.38 Å². The predicted molar refractivity (Wildman–Crippen MR) is 72.3 cm³/mol. The van der Waals surface area contributed by atoms with Gasteiger partial charge in [0.1, 0.15) is 11.5 Å². The molecule has 0 saturated carbocycles. The lowest BCUT2D eigenvalue weighted by molar-refractivity contribution is 0.390.